The van der Waals surface area contributed by atoms with Crippen molar-refractivity contribution in [2.45, 2.75) is 13.0 Å². The lowest BCUT2D eigenvalue weighted by Crippen LogP contribution is -2.23. The number of carboxylic acids is 1. The molecular formula is C12H9ClINO3. The second-order valence-corrected chi connectivity index (χ2v) is 5.24. The van der Waals surface area contributed by atoms with E-state index in [4.69, 9.17) is 21.4 Å². The third-order valence-corrected chi connectivity index (χ3v) is 3.51. The van der Waals surface area contributed by atoms with E-state index < -0.39 is 12.1 Å². The first-order valence-corrected chi connectivity index (χ1v) is 6.58. The molecule has 0 radical (unpaired) electrons. The maximum Gasteiger partial charge on any atom is 0.344 e. The van der Waals surface area contributed by atoms with Crippen LogP contribution in [-0.2, 0) is 4.79 Å². The van der Waals surface area contributed by atoms with Crippen LogP contribution in [-0.4, -0.2) is 22.2 Å². The van der Waals surface area contributed by atoms with Gasteiger partial charge in [0.25, 0.3) is 0 Å². The van der Waals surface area contributed by atoms with Crippen LogP contribution >= 0.6 is 34.2 Å². The van der Waals surface area contributed by atoms with Crippen molar-refractivity contribution in [2.24, 2.45) is 0 Å². The topological polar surface area (TPSA) is 59.4 Å². The van der Waals surface area contributed by atoms with Gasteiger partial charge in [0.15, 0.2) is 11.9 Å². The highest BCUT2D eigenvalue weighted by atomic mass is 127. The smallest absolute Gasteiger partial charge is 0.344 e. The van der Waals surface area contributed by atoms with Crippen LogP contribution in [0.5, 0.6) is 5.75 Å². The van der Waals surface area contributed by atoms with Crippen molar-refractivity contribution < 1.29 is 14.6 Å². The number of halogens is 2. The van der Waals surface area contributed by atoms with Crippen molar-refractivity contribution in [1.82, 2.24) is 4.98 Å². The first-order chi connectivity index (χ1) is 8.50. The standard InChI is InChI=1S/C12H9ClINO3/c1-6(12(16)17)18-11-9(14)5-8(13)7-3-2-4-15-10(7)11/h2-6H,1H3,(H,16,17)/t6-/m1/s1. The van der Waals surface area contributed by atoms with Gasteiger partial charge in [0.2, 0.25) is 0 Å². The van der Waals surface area contributed by atoms with Gasteiger partial charge in [0.05, 0.1) is 8.59 Å². The number of fused-ring (bicyclic) bond motifs is 1. The number of pyridine rings is 1. The van der Waals surface area contributed by atoms with Gasteiger partial charge in [-0.1, -0.05) is 11.6 Å². The molecule has 1 N–H and O–H groups in total. The lowest BCUT2D eigenvalue weighted by Gasteiger charge is -2.14. The molecule has 0 unspecified atom stereocenters. The van der Waals surface area contributed by atoms with Gasteiger partial charge in [-0.05, 0) is 47.7 Å². The molecule has 2 rings (SSSR count). The molecule has 1 aromatic carbocycles. The molecule has 18 heavy (non-hydrogen) atoms. The molecule has 0 aliphatic carbocycles. The number of rotatable bonds is 3. The SMILES string of the molecule is C[C@@H](Oc1c(I)cc(Cl)c2cccnc12)C(=O)O. The Hall–Kier alpha value is -1.08. The van der Waals surface area contributed by atoms with Crippen molar-refractivity contribution in [2.75, 3.05) is 0 Å². The van der Waals surface area contributed by atoms with Crippen LogP contribution in [0.2, 0.25) is 5.02 Å². The third kappa shape index (κ3) is 2.51. The van der Waals surface area contributed by atoms with Crippen molar-refractivity contribution >= 4 is 51.1 Å². The molecule has 94 valence electrons. The van der Waals surface area contributed by atoms with Gasteiger partial charge in [-0.3, -0.25) is 4.98 Å². The average Bonchev–Trinajstić information content (AvgIpc) is 2.34. The zero-order chi connectivity index (χ0) is 13.3. The molecule has 0 saturated heterocycles. The van der Waals surface area contributed by atoms with Crippen LogP contribution in [0.15, 0.2) is 24.4 Å². The fourth-order valence-electron chi connectivity index (χ4n) is 1.49. The van der Waals surface area contributed by atoms with Gasteiger partial charge in [0.1, 0.15) is 5.52 Å². The molecule has 0 bridgehead atoms. The predicted molar refractivity (Wildman–Crippen MR) is 77.2 cm³/mol. The predicted octanol–water partition coefficient (Wildman–Crippen LogP) is 3.34. The minimum atomic E-state index is -1.02. The largest absolute Gasteiger partial charge is 0.479 e. The Bertz CT molecular complexity index is 618. The minimum absolute atomic E-state index is 0.450. The lowest BCUT2D eigenvalue weighted by molar-refractivity contribution is -0.144. The maximum absolute atomic E-state index is 10.8. The zero-order valence-electron chi connectivity index (χ0n) is 9.35. The Labute approximate surface area is 122 Å². The number of carboxylic acid groups (broad SMARTS) is 1. The van der Waals surface area contributed by atoms with Crippen molar-refractivity contribution in [3.05, 3.63) is 33.0 Å². The van der Waals surface area contributed by atoms with Crippen LogP contribution in [0.3, 0.4) is 0 Å². The highest BCUT2D eigenvalue weighted by Crippen LogP contribution is 2.35. The van der Waals surface area contributed by atoms with E-state index >= 15 is 0 Å². The van der Waals surface area contributed by atoms with Crippen molar-refractivity contribution in [3.8, 4) is 5.75 Å². The summed E-state index contributed by atoms with van der Waals surface area (Å²) in [5.41, 5.74) is 0.572. The monoisotopic (exact) mass is 377 g/mol. The second kappa shape index (κ2) is 5.27. The van der Waals surface area contributed by atoms with E-state index in [0.717, 1.165) is 8.96 Å². The molecule has 1 aromatic heterocycles. The van der Waals surface area contributed by atoms with E-state index in [9.17, 15) is 4.79 Å². The van der Waals surface area contributed by atoms with Gasteiger partial charge in [0, 0.05) is 11.6 Å². The number of hydrogen-bond acceptors (Lipinski definition) is 3. The Balaban J connectivity index is 2.59. The van der Waals surface area contributed by atoms with E-state index in [1.165, 1.54) is 6.92 Å². The summed E-state index contributed by atoms with van der Waals surface area (Å²) >= 11 is 8.17. The molecule has 0 amide bonds. The molecule has 1 atom stereocenters. The summed E-state index contributed by atoms with van der Waals surface area (Å²) in [4.78, 5) is 15.1. The summed E-state index contributed by atoms with van der Waals surface area (Å²) in [6, 6.07) is 5.32. The van der Waals surface area contributed by atoms with Gasteiger partial charge < -0.3 is 9.84 Å². The summed E-state index contributed by atoms with van der Waals surface area (Å²) in [7, 11) is 0. The van der Waals surface area contributed by atoms with E-state index in [1.807, 2.05) is 28.7 Å². The first-order valence-electron chi connectivity index (χ1n) is 5.13. The number of hydrogen-bond donors (Lipinski definition) is 1. The molecule has 2 aromatic rings. The molecule has 0 saturated carbocycles. The summed E-state index contributed by atoms with van der Waals surface area (Å²) in [5.74, 6) is -0.574. The molecule has 0 fully saturated rings. The first kappa shape index (κ1) is 13.4. The van der Waals surface area contributed by atoms with Crippen LogP contribution in [0.1, 0.15) is 6.92 Å². The normalized spacial score (nSPS) is 12.4. The second-order valence-electron chi connectivity index (χ2n) is 3.67. The van der Waals surface area contributed by atoms with E-state index in [-0.39, 0.29) is 0 Å². The Morgan fingerprint density at radius 2 is 2.33 bits per heavy atom. The van der Waals surface area contributed by atoms with Gasteiger partial charge in [-0.25, -0.2) is 4.79 Å². The van der Waals surface area contributed by atoms with Gasteiger partial charge in [-0.2, -0.15) is 0 Å². The zero-order valence-corrected chi connectivity index (χ0v) is 12.3. The van der Waals surface area contributed by atoms with Gasteiger partial charge in [-0.15, -0.1) is 0 Å². The highest BCUT2D eigenvalue weighted by Gasteiger charge is 2.18. The Kier molecular flexibility index (Phi) is 3.91. The fraction of sp³-hybridized carbons (Fsp3) is 0.167. The summed E-state index contributed by atoms with van der Waals surface area (Å²) in [6.07, 6.45) is 0.678. The van der Waals surface area contributed by atoms with Crippen LogP contribution in [0.25, 0.3) is 10.9 Å². The average molecular weight is 378 g/mol. The highest BCUT2D eigenvalue weighted by molar-refractivity contribution is 14.1. The van der Waals surface area contributed by atoms with E-state index in [0.29, 0.717) is 16.3 Å². The van der Waals surface area contributed by atoms with Crippen molar-refractivity contribution in [1.29, 1.82) is 0 Å². The number of aromatic nitrogens is 1. The molecule has 1 heterocycles. The molecule has 0 aliphatic rings. The number of ether oxygens (including phenoxy) is 1. The quantitative estimate of drug-likeness (QED) is 0.834. The molecule has 4 nitrogen and oxygen atoms in total. The van der Waals surface area contributed by atoms with E-state index in [2.05, 4.69) is 4.98 Å². The molecule has 0 spiro atoms. The number of aliphatic carboxylic acids is 1. The summed E-state index contributed by atoms with van der Waals surface area (Å²) in [6.45, 7) is 1.47. The van der Waals surface area contributed by atoms with E-state index in [1.54, 1.807) is 18.3 Å². The van der Waals surface area contributed by atoms with Crippen molar-refractivity contribution in [3.63, 3.8) is 0 Å². The molecular weight excluding hydrogens is 368 g/mol. The number of nitrogens with zero attached hydrogens (tertiary/aromatic N) is 1. The Morgan fingerprint density at radius 3 is 3.00 bits per heavy atom. The maximum atomic E-state index is 10.8. The summed E-state index contributed by atoms with van der Waals surface area (Å²) in [5, 5.41) is 10.2. The summed E-state index contributed by atoms with van der Waals surface area (Å²) < 4.78 is 6.18. The molecule has 0 aliphatic heterocycles. The number of benzene rings is 1. The third-order valence-electron chi connectivity index (χ3n) is 2.39. The van der Waals surface area contributed by atoms with Gasteiger partial charge >= 0.3 is 5.97 Å². The van der Waals surface area contributed by atoms with Crippen LogP contribution in [0, 0.1) is 3.57 Å². The molecule has 6 heteroatoms. The fourth-order valence-corrected chi connectivity index (χ4v) is 2.63. The minimum Gasteiger partial charge on any atom is -0.479 e. The van der Waals surface area contributed by atoms with Crippen LogP contribution in [0.4, 0.5) is 0 Å². The van der Waals surface area contributed by atoms with Crippen LogP contribution < -0.4 is 4.74 Å². The Morgan fingerprint density at radius 1 is 1.61 bits per heavy atom. The number of carbonyl (C=O) groups is 1. The lowest BCUT2D eigenvalue weighted by atomic mass is 10.2.